The van der Waals surface area contributed by atoms with Crippen molar-refractivity contribution in [3.05, 3.63) is 0 Å². The van der Waals surface area contributed by atoms with E-state index in [1.165, 1.54) is 25.7 Å². The van der Waals surface area contributed by atoms with E-state index in [2.05, 4.69) is 0 Å². The molecule has 86 valence electrons. The monoisotopic (exact) mass is 211 g/mol. The third kappa shape index (κ3) is 2.17. The Morgan fingerprint density at radius 3 is 2.73 bits per heavy atom. The van der Waals surface area contributed by atoms with Crippen LogP contribution in [0, 0.1) is 17.3 Å². The number of carboxylic acids is 1. The fraction of sp³-hybridized carbons (Fsp3) is 0.917. The average Bonchev–Trinajstić information content (AvgIpc) is 2.63. The second-order valence-electron chi connectivity index (χ2n) is 5.47. The van der Waals surface area contributed by atoms with Crippen LogP contribution in [-0.4, -0.2) is 17.6 Å². The number of rotatable bonds is 3. The number of carboxylic acid groups (broad SMARTS) is 1. The second-order valence-corrected chi connectivity index (χ2v) is 5.47. The minimum atomic E-state index is -0.683. The standard InChI is InChI=1S/C12H21NO2/c13-8-12(7-11(14)15)5-4-9-2-1-3-10(9)6-12/h9-10H,1-8,13H2,(H,14,15)/t9-,10+,12+/m1/s1. The smallest absolute Gasteiger partial charge is 0.303 e. The van der Waals surface area contributed by atoms with Crippen LogP contribution < -0.4 is 5.73 Å². The van der Waals surface area contributed by atoms with E-state index in [0.29, 0.717) is 6.54 Å². The van der Waals surface area contributed by atoms with Crippen molar-refractivity contribution < 1.29 is 9.90 Å². The van der Waals surface area contributed by atoms with Gasteiger partial charge in [0.25, 0.3) is 0 Å². The first-order valence-electron chi connectivity index (χ1n) is 6.07. The Morgan fingerprint density at radius 1 is 1.33 bits per heavy atom. The van der Waals surface area contributed by atoms with Crippen LogP contribution >= 0.6 is 0 Å². The normalized spacial score (nSPS) is 40.1. The van der Waals surface area contributed by atoms with Gasteiger partial charge in [-0.05, 0) is 43.1 Å². The van der Waals surface area contributed by atoms with Gasteiger partial charge in [-0.25, -0.2) is 0 Å². The molecule has 0 aliphatic heterocycles. The van der Waals surface area contributed by atoms with Gasteiger partial charge < -0.3 is 10.8 Å². The van der Waals surface area contributed by atoms with Gasteiger partial charge in [-0.3, -0.25) is 4.79 Å². The molecule has 0 aromatic heterocycles. The van der Waals surface area contributed by atoms with Crippen LogP contribution in [-0.2, 0) is 4.79 Å². The summed E-state index contributed by atoms with van der Waals surface area (Å²) in [6, 6.07) is 0. The summed E-state index contributed by atoms with van der Waals surface area (Å²) in [7, 11) is 0. The number of fused-ring (bicyclic) bond motifs is 1. The molecule has 3 nitrogen and oxygen atoms in total. The van der Waals surface area contributed by atoms with Gasteiger partial charge in [0.05, 0.1) is 6.42 Å². The van der Waals surface area contributed by atoms with Gasteiger partial charge in [-0.2, -0.15) is 0 Å². The van der Waals surface area contributed by atoms with Gasteiger partial charge >= 0.3 is 5.97 Å². The highest BCUT2D eigenvalue weighted by atomic mass is 16.4. The van der Waals surface area contributed by atoms with Crippen molar-refractivity contribution in [3.63, 3.8) is 0 Å². The Bertz CT molecular complexity index is 254. The first kappa shape index (κ1) is 10.9. The molecule has 0 saturated heterocycles. The van der Waals surface area contributed by atoms with Gasteiger partial charge in [0.1, 0.15) is 0 Å². The molecule has 15 heavy (non-hydrogen) atoms. The predicted octanol–water partition coefficient (Wildman–Crippen LogP) is 2.01. The number of nitrogens with two attached hydrogens (primary N) is 1. The fourth-order valence-electron chi connectivity index (χ4n) is 3.65. The van der Waals surface area contributed by atoms with Crippen molar-refractivity contribution in [3.8, 4) is 0 Å². The van der Waals surface area contributed by atoms with E-state index in [1.54, 1.807) is 0 Å². The Kier molecular flexibility index (Phi) is 3.01. The molecule has 0 heterocycles. The van der Waals surface area contributed by atoms with Crippen molar-refractivity contribution in [1.82, 2.24) is 0 Å². The third-order valence-corrected chi connectivity index (χ3v) is 4.52. The van der Waals surface area contributed by atoms with Crippen molar-refractivity contribution in [2.75, 3.05) is 6.54 Å². The van der Waals surface area contributed by atoms with Crippen molar-refractivity contribution in [2.24, 2.45) is 23.0 Å². The molecule has 0 unspecified atom stereocenters. The minimum absolute atomic E-state index is 0.0860. The number of carbonyl (C=O) groups is 1. The van der Waals surface area contributed by atoms with Gasteiger partial charge in [0.2, 0.25) is 0 Å². The summed E-state index contributed by atoms with van der Waals surface area (Å²) in [6.45, 7) is 0.544. The average molecular weight is 211 g/mol. The summed E-state index contributed by atoms with van der Waals surface area (Å²) in [4.78, 5) is 10.9. The molecule has 0 aromatic rings. The largest absolute Gasteiger partial charge is 0.481 e. The zero-order valence-electron chi connectivity index (χ0n) is 9.24. The van der Waals surface area contributed by atoms with Crippen LogP contribution in [0.15, 0.2) is 0 Å². The number of hydrogen-bond acceptors (Lipinski definition) is 2. The van der Waals surface area contributed by atoms with Crippen molar-refractivity contribution in [2.45, 2.75) is 44.9 Å². The Morgan fingerprint density at radius 2 is 2.07 bits per heavy atom. The van der Waals surface area contributed by atoms with E-state index in [4.69, 9.17) is 10.8 Å². The molecule has 2 saturated carbocycles. The molecular formula is C12H21NO2. The van der Waals surface area contributed by atoms with E-state index in [1.807, 2.05) is 0 Å². The molecule has 2 fully saturated rings. The van der Waals surface area contributed by atoms with Gasteiger partial charge in [-0.1, -0.05) is 19.3 Å². The van der Waals surface area contributed by atoms with Gasteiger partial charge in [0, 0.05) is 0 Å². The van der Waals surface area contributed by atoms with E-state index < -0.39 is 5.97 Å². The zero-order chi connectivity index (χ0) is 10.9. The fourth-order valence-corrected chi connectivity index (χ4v) is 3.65. The molecule has 2 rings (SSSR count). The SMILES string of the molecule is NC[C@@]1(CC(=O)O)CC[C@H]2CCC[C@H]2C1. The molecule has 0 radical (unpaired) electrons. The van der Waals surface area contributed by atoms with E-state index in [9.17, 15) is 4.79 Å². The summed E-state index contributed by atoms with van der Waals surface area (Å²) in [5, 5.41) is 8.95. The first-order chi connectivity index (χ1) is 7.15. The van der Waals surface area contributed by atoms with Crippen LogP contribution in [0.5, 0.6) is 0 Å². The van der Waals surface area contributed by atoms with Crippen molar-refractivity contribution in [1.29, 1.82) is 0 Å². The Labute approximate surface area is 91.0 Å². The van der Waals surface area contributed by atoms with Crippen LogP contribution in [0.3, 0.4) is 0 Å². The molecular weight excluding hydrogens is 190 g/mol. The lowest BCUT2D eigenvalue weighted by molar-refractivity contribution is -0.140. The molecule has 2 aliphatic rings. The topological polar surface area (TPSA) is 63.3 Å². The molecule has 0 amide bonds. The lowest BCUT2D eigenvalue weighted by Crippen LogP contribution is -2.39. The summed E-state index contributed by atoms with van der Waals surface area (Å²) in [5.41, 5.74) is 5.72. The lowest BCUT2D eigenvalue weighted by Gasteiger charge is -2.41. The maximum Gasteiger partial charge on any atom is 0.303 e. The number of aliphatic carboxylic acids is 1. The van der Waals surface area contributed by atoms with Gasteiger partial charge in [0.15, 0.2) is 0 Å². The lowest BCUT2D eigenvalue weighted by atomic mass is 9.65. The summed E-state index contributed by atoms with van der Waals surface area (Å²) < 4.78 is 0. The first-order valence-corrected chi connectivity index (χ1v) is 6.07. The highest BCUT2D eigenvalue weighted by molar-refractivity contribution is 5.67. The maximum absolute atomic E-state index is 10.9. The Balaban J connectivity index is 2.04. The third-order valence-electron chi connectivity index (χ3n) is 4.52. The van der Waals surface area contributed by atoms with Gasteiger partial charge in [-0.15, -0.1) is 0 Å². The van der Waals surface area contributed by atoms with Crippen LogP contribution in [0.2, 0.25) is 0 Å². The quantitative estimate of drug-likeness (QED) is 0.750. The molecule has 2 aliphatic carbocycles. The second kappa shape index (κ2) is 4.12. The summed E-state index contributed by atoms with van der Waals surface area (Å²) in [6.07, 6.45) is 7.55. The van der Waals surface area contributed by atoms with Crippen LogP contribution in [0.4, 0.5) is 0 Å². The van der Waals surface area contributed by atoms with E-state index >= 15 is 0 Å². The number of hydrogen-bond donors (Lipinski definition) is 2. The summed E-state index contributed by atoms with van der Waals surface area (Å²) >= 11 is 0. The van der Waals surface area contributed by atoms with E-state index in [0.717, 1.165) is 24.7 Å². The highest BCUT2D eigenvalue weighted by Gasteiger charge is 2.42. The molecule has 3 atom stereocenters. The molecule has 0 aromatic carbocycles. The maximum atomic E-state index is 10.9. The summed E-state index contributed by atoms with van der Waals surface area (Å²) in [5.74, 6) is 0.956. The highest BCUT2D eigenvalue weighted by Crippen LogP contribution is 2.50. The minimum Gasteiger partial charge on any atom is -0.481 e. The molecule has 0 bridgehead atoms. The molecule has 0 spiro atoms. The molecule has 3 heteroatoms. The Hall–Kier alpha value is -0.570. The van der Waals surface area contributed by atoms with Crippen molar-refractivity contribution >= 4 is 5.97 Å². The zero-order valence-corrected chi connectivity index (χ0v) is 9.24. The molecule has 3 N–H and O–H groups in total. The van der Waals surface area contributed by atoms with E-state index in [-0.39, 0.29) is 11.8 Å². The van der Waals surface area contributed by atoms with Crippen LogP contribution in [0.25, 0.3) is 0 Å². The van der Waals surface area contributed by atoms with Crippen LogP contribution in [0.1, 0.15) is 44.9 Å². The predicted molar refractivity (Wildman–Crippen MR) is 58.4 cm³/mol.